The van der Waals surface area contributed by atoms with Crippen LogP contribution < -0.4 is 10.9 Å². The van der Waals surface area contributed by atoms with Gasteiger partial charge in [0.25, 0.3) is 11.5 Å². The Hall–Kier alpha value is -2.02. The van der Waals surface area contributed by atoms with Crippen LogP contribution in [0.1, 0.15) is 16.2 Å². The third kappa shape index (κ3) is 2.31. The number of anilines is 1. The van der Waals surface area contributed by atoms with Gasteiger partial charge in [-0.15, -0.1) is 11.3 Å². The lowest BCUT2D eigenvalue weighted by Gasteiger charge is -1.98. The largest absolute Gasteiger partial charge is 0.296 e. The molecule has 0 bridgehead atoms. The number of thiazole rings is 1. The summed E-state index contributed by atoms with van der Waals surface area (Å²) in [5, 5.41) is 10.7. The molecule has 0 fully saturated rings. The SMILES string of the molecule is Cc1csc(NC(=O)c2ccc(=O)[nH]n2)n1. The monoisotopic (exact) mass is 236 g/mol. The summed E-state index contributed by atoms with van der Waals surface area (Å²) < 4.78 is 0. The number of nitrogens with one attached hydrogen (secondary N) is 2. The maximum atomic E-state index is 11.6. The Balaban J connectivity index is 2.14. The van der Waals surface area contributed by atoms with Crippen molar-refractivity contribution < 1.29 is 4.79 Å². The molecule has 16 heavy (non-hydrogen) atoms. The van der Waals surface area contributed by atoms with Crippen LogP contribution in [0.2, 0.25) is 0 Å². The quantitative estimate of drug-likeness (QED) is 0.806. The maximum Gasteiger partial charge on any atom is 0.277 e. The van der Waals surface area contributed by atoms with Crippen molar-refractivity contribution in [2.24, 2.45) is 0 Å². The van der Waals surface area contributed by atoms with E-state index in [-0.39, 0.29) is 11.3 Å². The highest BCUT2D eigenvalue weighted by Crippen LogP contribution is 2.14. The van der Waals surface area contributed by atoms with Gasteiger partial charge in [0.05, 0.1) is 5.69 Å². The Bertz CT molecular complexity index is 554. The number of aromatic amines is 1. The minimum Gasteiger partial charge on any atom is -0.296 e. The van der Waals surface area contributed by atoms with E-state index in [1.165, 1.54) is 23.5 Å². The standard InChI is InChI=1S/C9H8N4O2S/c1-5-4-16-9(10-5)11-8(15)6-2-3-7(14)13-12-6/h2-4H,1H3,(H,13,14)(H,10,11,15). The van der Waals surface area contributed by atoms with Gasteiger partial charge >= 0.3 is 0 Å². The van der Waals surface area contributed by atoms with Gasteiger partial charge in [-0.25, -0.2) is 10.1 Å². The first-order valence-corrected chi connectivity index (χ1v) is 5.32. The van der Waals surface area contributed by atoms with Gasteiger partial charge in [0.15, 0.2) is 5.13 Å². The van der Waals surface area contributed by atoms with Crippen molar-refractivity contribution in [1.82, 2.24) is 15.2 Å². The Morgan fingerprint density at radius 1 is 1.50 bits per heavy atom. The predicted octanol–water partition coefficient (Wildman–Crippen LogP) is 0.787. The molecule has 2 heterocycles. The molecule has 7 heteroatoms. The third-order valence-electron chi connectivity index (χ3n) is 1.75. The molecule has 0 aliphatic rings. The Morgan fingerprint density at radius 3 is 2.88 bits per heavy atom. The van der Waals surface area contributed by atoms with E-state index >= 15 is 0 Å². The predicted molar refractivity (Wildman–Crippen MR) is 59.7 cm³/mol. The smallest absolute Gasteiger partial charge is 0.277 e. The van der Waals surface area contributed by atoms with Crippen LogP contribution in [-0.2, 0) is 0 Å². The van der Waals surface area contributed by atoms with Gasteiger partial charge in [-0.1, -0.05) is 0 Å². The van der Waals surface area contributed by atoms with Gasteiger partial charge in [0.2, 0.25) is 0 Å². The van der Waals surface area contributed by atoms with Gasteiger partial charge in [-0.05, 0) is 13.0 Å². The Labute approximate surface area is 94.4 Å². The van der Waals surface area contributed by atoms with E-state index in [9.17, 15) is 9.59 Å². The van der Waals surface area contributed by atoms with E-state index in [0.29, 0.717) is 5.13 Å². The van der Waals surface area contributed by atoms with Crippen molar-refractivity contribution in [1.29, 1.82) is 0 Å². The van der Waals surface area contributed by atoms with Gasteiger partial charge < -0.3 is 0 Å². The number of rotatable bonds is 2. The maximum absolute atomic E-state index is 11.6. The molecule has 0 aliphatic carbocycles. The second-order valence-corrected chi connectivity index (χ2v) is 3.91. The topological polar surface area (TPSA) is 87.7 Å². The van der Waals surface area contributed by atoms with Gasteiger partial charge in [0, 0.05) is 11.4 Å². The molecule has 0 aliphatic heterocycles. The van der Waals surface area contributed by atoms with Crippen LogP contribution in [0.5, 0.6) is 0 Å². The molecular weight excluding hydrogens is 228 g/mol. The lowest BCUT2D eigenvalue weighted by atomic mass is 10.4. The average molecular weight is 236 g/mol. The number of amides is 1. The van der Waals surface area contributed by atoms with E-state index in [1.807, 2.05) is 12.3 Å². The fourth-order valence-electron chi connectivity index (χ4n) is 1.04. The lowest BCUT2D eigenvalue weighted by molar-refractivity contribution is 0.102. The van der Waals surface area contributed by atoms with E-state index in [2.05, 4.69) is 20.5 Å². The van der Waals surface area contributed by atoms with E-state index in [1.54, 1.807) is 0 Å². The number of hydrogen-bond acceptors (Lipinski definition) is 5. The summed E-state index contributed by atoms with van der Waals surface area (Å²) in [6.45, 7) is 1.84. The summed E-state index contributed by atoms with van der Waals surface area (Å²) in [6, 6.07) is 2.60. The number of hydrogen-bond donors (Lipinski definition) is 2. The first-order valence-electron chi connectivity index (χ1n) is 4.44. The number of H-pyrrole nitrogens is 1. The van der Waals surface area contributed by atoms with Crippen molar-refractivity contribution in [3.63, 3.8) is 0 Å². The summed E-state index contributed by atoms with van der Waals surface area (Å²) >= 11 is 1.33. The lowest BCUT2D eigenvalue weighted by Crippen LogP contribution is -2.17. The van der Waals surface area contributed by atoms with Crippen molar-refractivity contribution in [2.75, 3.05) is 5.32 Å². The van der Waals surface area contributed by atoms with Crippen LogP contribution in [0.4, 0.5) is 5.13 Å². The molecule has 0 atom stereocenters. The van der Waals surface area contributed by atoms with Crippen LogP contribution in [0.3, 0.4) is 0 Å². The zero-order valence-corrected chi connectivity index (χ0v) is 9.17. The Morgan fingerprint density at radius 2 is 2.31 bits per heavy atom. The van der Waals surface area contributed by atoms with Crippen molar-refractivity contribution in [3.8, 4) is 0 Å². The van der Waals surface area contributed by atoms with Gasteiger partial charge in [0.1, 0.15) is 5.69 Å². The van der Waals surface area contributed by atoms with Crippen LogP contribution in [0, 0.1) is 6.92 Å². The molecular formula is C9H8N4O2S. The van der Waals surface area contributed by atoms with Crippen LogP contribution in [0.15, 0.2) is 22.3 Å². The summed E-state index contributed by atoms with van der Waals surface area (Å²) in [5.41, 5.74) is 0.642. The van der Waals surface area contributed by atoms with Crippen molar-refractivity contribution in [2.45, 2.75) is 6.92 Å². The second kappa shape index (κ2) is 4.23. The van der Waals surface area contributed by atoms with E-state index < -0.39 is 5.91 Å². The first-order chi connectivity index (χ1) is 7.65. The molecule has 2 rings (SSSR count). The van der Waals surface area contributed by atoms with Gasteiger partial charge in [-0.3, -0.25) is 14.9 Å². The second-order valence-electron chi connectivity index (χ2n) is 3.05. The zero-order valence-electron chi connectivity index (χ0n) is 8.35. The molecule has 1 amide bonds. The number of aryl methyl sites for hydroxylation is 1. The normalized spacial score (nSPS) is 10.1. The Kier molecular flexibility index (Phi) is 2.78. The van der Waals surface area contributed by atoms with E-state index in [4.69, 9.17) is 0 Å². The third-order valence-corrected chi connectivity index (χ3v) is 2.63. The van der Waals surface area contributed by atoms with Crippen molar-refractivity contribution in [3.05, 3.63) is 39.3 Å². The van der Waals surface area contributed by atoms with Crippen LogP contribution in [-0.4, -0.2) is 21.1 Å². The number of nitrogens with zero attached hydrogens (tertiary/aromatic N) is 2. The molecule has 2 aromatic heterocycles. The highest BCUT2D eigenvalue weighted by molar-refractivity contribution is 7.13. The van der Waals surface area contributed by atoms with Crippen molar-refractivity contribution >= 4 is 22.4 Å². The molecule has 2 N–H and O–H groups in total. The number of aromatic nitrogens is 3. The molecule has 0 saturated carbocycles. The minimum atomic E-state index is -0.398. The fraction of sp³-hybridized carbons (Fsp3) is 0.111. The van der Waals surface area contributed by atoms with E-state index in [0.717, 1.165) is 5.69 Å². The summed E-state index contributed by atoms with van der Waals surface area (Å²) in [7, 11) is 0. The first kappa shape index (κ1) is 10.5. The molecule has 0 spiro atoms. The van der Waals surface area contributed by atoms with Gasteiger partial charge in [-0.2, -0.15) is 5.10 Å². The zero-order chi connectivity index (χ0) is 11.5. The fourth-order valence-corrected chi connectivity index (χ4v) is 1.73. The highest BCUT2D eigenvalue weighted by atomic mass is 32.1. The molecule has 82 valence electrons. The summed E-state index contributed by atoms with van der Waals surface area (Å²) in [6.07, 6.45) is 0. The number of carbonyl (C=O) groups excluding carboxylic acids is 1. The van der Waals surface area contributed by atoms with Crippen LogP contribution in [0.25, 0.3) is 0 Å². The molecule has 0 unspecified atom stereocenters. The molecule has 0 radical (unpaired) electrons. The average Bonchev–Trinajstić information content (AvgIpc) is 2.65. The number of carbonyl (C=O) groups is 1. The highest BCUT2D eigenvalue weighted by Gasteiger charge is 2.09. The minimum absolute atomic E-state index is 0.146. The van der Waals surface area contributed by atoms with Crippen LogP contribution >= 0.6 is 11.3 Å². The molecule has 0 aromatic carbocycles. The summed E-state index contributed by atoms with van der Waals surface area (Å²) in [4.78, 5) is 26.4. The molecule has 2 aromatic rings. The molecule has 6 nitrogen and oxygen atoms in total. The molecule has 0 saturated heterocycles. The summed E-state index contributed by atoms with van der Waals surface area (Å²) in [5.74, 6) is -0.398.